The van der Waals surface area contributed by atoms with Gasteiger partial charge < -0.3 is 13.9 Å². The summed E-state index contributed by atoms with van der Waals surface area (Å²) in [6.07, 6.45) is 5.06. The highest BCUT2D eigenvalue weighted by Crippen LogP contribution is 2.20. The highest BCUT2D eigenvalue weighted by Gasteiger charge is 2.29. The number of rotatable bonds is 6. The van der Waals surface area contributed by atoms with Gasteiger partial charge in [0.05, 0.1) is 17.7 Å². The number of furan rings is 1. The molecule has 2 aromatic heterocycles. The summed E-state index contributed by atoms with van der Waals surface area (Å²) >= 11 is 0. The first-order valence-corrected chi connectivity index (χ1v) is 12.0. The lowest BCUT2D eigenvalue weighted by atomic mass is 10.2. The average molecular weight is 454 g/mol. The fourth-order valence-electron chi connectivity index (χ4n) is 3.96. The predicted octanol–water partition coefficient (Wildman–Crippen LogP) is 3.29. The van der Waals surface area contributed by atoms with Crippen LogP contribution in [0.4, 0.5) is 0 Å². The first-order chi connectivity index (χ1) is 15.4. The molecule has 0 bridgehead atoms. The summed E-state index contributed by atoms with van der Waals surface area (Å²) in [5, 5.41) is 0. The molecule has 7 nitrogen and oxygen atoms in total. The van der Waals surface area contributed by atoms with Crippen LogP contribution in [0.15, 0.2) is 70.2 Å². The van der Waals surface area contributed by atoms with Crippen molar-refractivity contribution in [2.45, 2.75) is 25.3 Å². The second kappa shape index (κ2) is 9.18. The van der Waals surface area contributed by atoms with Gasteiger partial charge in [0, 0.05) is 43.6 Å². The van der Waals surface area contributed by atoms with Crippen molar-refractivity contribution in [3.63, 3.8) is 0 Å². The number of benzene rings is 1. The molecule has 0 unspecified atom stereocenters. The van der Waals surface area contributed by atoms with Crippen LogP contribution < -0.4 is 0 Å². The molecule has 0 spiro atoms. The summed E-state index contributed by atoms with van der Waals surface area (Å²) in [6, 6.07) is 14.3. The lowest BCUT2D eigenvalue weighted by Gasteiger charge is -2.33. The fraction of sp³-hybridized carbons (Fsp3) is 0.292. The van der Waals surface area contributed by atoms with E-state index in [1.54, 1.807) is 47.6 Å². The van der Waals surface area contributed by atoms with Gasteiger partial charge in [0.15, 0.2) is 0 Å². The molecule has 8 heteroatoms. The second-order valence-corrected chi connectivity index (χ2v) is 9.81. The number of nitrogens with zero attached hydrogens (tertiary/aromatic N) is 3. The monoisotopic (exact) mass is 453 g/mol. The van der Waals surface area contributed by atoms with Crippen molar-refractivity contribution < 1.29 is 17.6 Å². The van der Waals surface area contributed by atoms with Crippen LogP contribution in [0, 0.1) is 13.8 Å². The standard InChI is InChI=1S/C24H27N3O4S/c1-19-17-21(20(2)27(19)18-22-7-6-16-31-22)10-11-24(28)25-12-14-26(15-13-25)32(29,30)23-8-4-3-5-9-23/h3-11,16-17H,12-15,18H2,1-2H3/b11-10+. The van der Waals surface area contributed by atoms with Gasteiger partial charge in [-0.2, -0.15) is 4.31 Å². The van der Waals surface area contributed by atoms with Gasteiger partial charge in [-0.1, -0.05) is 18.2 Å². The van der Waals surface area contributed by atoms with Crippen LogP contribution in [-0.2, 0) is 21.4 Å². The van der Waals surface area contributed by atoms with Crippen LogP contribution in [0.1, 0.15) is 22.7 Å². The van der Waals surface area contributed by atoms with Crippen LogP contribution in [0.5, 0.6) is 0 Å². The molecule has 1 aliphatic rings. The van der Waals surface area contributed by atoms with E-state index in [-0.39, 0.29) is 23.9 Å². The molecule has 168 valence electrons. The Hall–Kier alpha value is -3.10. The van der Waals surface area contributed by atoms with E-state index in [1.807, 2.05) is 38.1 Å². The number of aryl methyl sites for hydroxylation is 1. The van der Waals surface area contributed by atoms with E-state index in [4.69, 9.17) is 4.42 Å². The maximum Gasteiger partial charge on any atom is 0.246 e. The van der Waals surface area contributed by atoms with Crippen LogP contribution in [-0.4, -0.2) is 54.3 Å². The van der Waals surface area contributed by atoms with Gasteiger partial charge in [-0.3, -0.25) is 4.79 Å². The van der Waals surface area contributed by atoms with E-state index < -0.39 is 10.0 Å². The normalized spacial score (nSPS) is 15.5. The number of carbonyl (C=O) groups excluding carboxylic acids is 1. The summed E-state index contributed by atoms with van der Waals surface area (Å²) < 4.78 is 34.6. The summed E-state index contributed by atoms with van der Waals surface area (Å²) in [6.45, 7) is 6.00. The Morgan fingerprint density at radius 2 is 1.75 bits per heavy atom. The first-order valence-electron chi connectivity index (χ1n) is 10.6. The zero-order valence-corrected chi connectivity index (χ0v) is 19.1. The lowest BCUT2D eigenvalue weighted by molar-refractivity contribution is -0.127. The van der Waals surface area contributed by atoms with Crippen molar-refractivity contribution in [1.29, 1.82) is 0 Å². The van der Waals surface area contributed by atoms with Crippen molar-refractivity contribution >= 4 is 22.0 Å². The van der Waals surface area contributed by atoms with E-state index in [9.17, 15) is 13.2 Å². The zero-order chi connectivity index (χ0) is 22.7. The van der Waals surface area contributed by atoms with Crippen molar-refractivity contribution in [2.75, 3.05) is 26.2 Å². The molecular weight excluding hydrogens is 426 g/mol. The minimum absolute atomic E-state index is 0.113. The third-order valence-electron chi connectivity index (χ3n) is 5.84. The third kappa shape index (κ3) is 4.56. The molecule has 0 saturated carbocycles. The molecule has 1 aliphatic heterocycles. The Bertz CT molecular complexity index is 1200. The maximum absolute atomic E-state index is 12.8. The van der Waals surface area contributed by atoms with E-state index in [1.165, 1.54) is 4.31 Å². The van der Waals surface area contributed by atoms with Gasteiger partial charge in [-0.15, -0.1) is 0 Å². The van der Waals surface area contributed by atoms with Crippen molar-refractivity contribution in [3.8, 4) is 0 Å². The predicted molar refractivity (Wildman–Crippen MR) is 123 cm³/mol. The van der Waals surface area contributed by atoms with Gasteiger partial charge in [-0.25, -0.2) is 8.42 Å². The molecule has 0 aliphatic carbocycles. The molecule has 1 aromatic carbocycles. The molecule has 3 aromatic rings. The van der Waals surface area contributed by atoms with Crippen molar-refractivity contribution in [1.82, 2.24) is 13.8 Å². The number of hydrogen-bond donors (Lipinski definition) is 0. The number of aromatic nitrogens is 1. The molecule has 0 radical (unpaired) electrons. The Kier molecular flexibility index (Phi) is 6.34. The van der Waals surface area contributed by atoms with Crippen LogP contribution in [0.3, 0.4) is 0 Å². The molecule has 1 saturated heterocycles. The first kappa shape index (κ1) is 22.1. The number of piperazine rings is 1. The van der Waals surface area contributed by atoms with Crippen LogP contribution >= 0.6 is 0 Å². The largest absolute Gasteiger partial charge is 0.467 e. The van der Waals surface area contributed by atoms with E-state index >= 15 is 0 Å². The second-order valence-electron chi connectivity index (χ2n) is 7.87. The molecule has 0 atom stereocenters. The summed E-state index contributed by atoms with van der Waals surface area (Å²) in [5.74, 6) is 0.763. The van der Waals surface area contributed by atoms with Gasteiger partial charge in [-0.05, 0) is 55.8 Å². The van der Waals surface area contributed by atoms with Gasteiger partial charge >= 0.3 is 0 Å². The summed E-state index contributed by atoms with van der Waals surface area (Å²) in [4.78, 5) is 14.7. The summed E-state index contributed by atoms with van der Waals surface area (Å²) in [5.41, 5.74) is 3.13. The van der Waals surface area contributed by atoms with Crippen molar-refractivity contribution in [3.05, 3.63) is 83.6 Å². The Labute approximate surface area is 188 Å². The van der Waals surface area contributed by atoms with E-state index in [0.717, 1.165) is 22.7 Å². The molecule has 1 amide bonds. The highest BCUT2D eigenvalue weighted by molar-refractivity contribution is 7.89. The molecule has 1 fully saturated rings. The van der Waals surface area contributed by atoms with Gasteiger partial charge in [0.1, 0.15) is 5.76 Å². The van der Waals surface area contributed by atoms with E-state index in [2.05, 4.69) is 4.57 Å². The van der Waals surface area contributed by atoms with Crippen molar-refractivity contribution in [2.24, 2.45) is 0 Å². The Morgan fingerprint density at radius 1 is 1.03 bits per heavy atom. The Balaban J connectivity index is 1.38. The van der Waals surface area contributed by atoms with Crippen LogP contribution in [0.25, 0.3) is 6.08 Å². The average Bonchev–Trinajstić information content (AvgIpc) is 3.42. The molecule has 3 heterocycles. The molecule has 4 rings (SSSR count). The lowest BCUT2D eigenvalue weighted by Crippen LogP contribution is -2.50. The Morgan fingerprint density at radius 3 is 2.41 bits per heavy atom. The minimum Gasteiger partial charge on any atom is -0.467 e. The SMILES string of the molecule is Cc1cc(/C=C/C(=O)N2CCN(S(=O)(=O)c3ccccc3)CC2)c(C)n1Cc1ccco1. The van der Waals surface area contributed by atoms with E-state index in [0.29, 0.717) is 19.6 Å². The van der Waals surface area contributed by atoms with Gasteiger partial charge in [0.2, 0.25) is 15.9 Å². The van der Waals surface area contributed by atoms with Crippen LogP contribution in [0.2, 0.25) is 0 Å². The number of carbonyl (C=O) groups is 1. The van der Waals surface area contributed by atoms with Gasteiger partial charge in [0.25, 0.3) is 0 Å². The molecular formula is C24H27N3O4S. The molecule has 0 N–H and O–H groups in total. The quantitative estimate of drug-likeness (QED) is 0.537. The maximum atomic E-state index is 12.8. The highest BCUT2D eigenvalue weighted by atomic mass is 32.2. The number of amides is 1. The fourth-order valence-corrected chi connectivity index (χ4v) is 5.40. The zero-order valence-electron chi connectivity index (χ0n) is 18.3. The summed E-state index contributed by atoms with van der Waals surface area (Å²) in [7, 11) is -3.53. The molecule has 32 heavy (non-hydrogen) atoms. The topological polar surface area (TPSA) is 75.8 Å². The number of sulfonamides is 1. The smallest absolute Gasteiger partial charge is 0.246 e. The third-order valence-corrected chi connectivity index (χ3v) is 7.76. The number of hydrogen-bond acceptors (Lipinski definition) is 4. The minimum atomic E-state index is -3.53.